The Balaban J connectivity index is 1.08. The summed E-state index contributed by atoms with van der Waals surface area (Å²) in [5, 5.41) is 5.04. The first kappa shape index (κ1) is 54.6. The summed E-state index contributed by atoms with van der Waals surface area (Å²) in [5.41, 5.74) is 25.4. The van der Waals surface area contributed by atoms with Crippen molar-refractivity contribution in [3.05, 3.63) is 233 Å². The van der Waals surface area contributed by atoms with E-state index in [9.17, 15) is 0 Å². The van der Waals surface area contributed by atoms with E-state index in [1.807, 2.05) is 0 Å². The van der Waals surface area contributed by atoms with Gasteiger partial charge < -0.3 is 18.8 Å². The molecule has 0 saturated carbocycles. The highest BCUT2D eigenvalue weighted by Gasteiger charge is 2.45. The van der Waals surface area contributed by atoms with Gasteiger partial charge in [0.2, 0.25) is 0 Å². The van der Waals surface area contributed by atoms with Gasteiger partial charge in [-0.2, -0.15) is 0 Å². The zero-order valence-electron chi connectivity index (χ0n) is 52.6. The van der Waals surface area contributed by atoms with Crippen LogP contribution in [0.5, 0.6) is 11.5 Å². The largest absolute Gasteiger partial charge is 0.458 e. The first-order valence-corrected chi connectivity index (χ1v) is 31.0. The van der Waals surface area contributed by atoms with E-state index in [1.165, 1.54) is 121 Å². The highest BCUT2D eigenvalue weighted by Crippen LogP contribution is 2.50. The molecule has 4 heterocycles. The summed E-state index contributed by atoms with van der Waals surface area (Å²) >= 11 is 0. The van der Waals surface area contributed by atoms with Gasteiger partial charge in [0.15, 0.2) is 0 Å². The maximum absolute atomic E-state index is 7.63. The zero-order valence-corrected chi connectivity index (χ0v) is 52.6. The molecule has 0 spiro atoms. The lowest BCUT2D eigenvalue weighted by Crippen LogP contribution is -2.60. The molecule has 1 aliphatic carbocycles. The molecule has 0 atom stereocenters. The molecule has 9 aromatic carbocycles. The van der Waals surface area contributed by atoms with Gasteiger partial charge in [0.05, 0.1) is 27.8 Å². The molecule has 0 N–H and O–H groups in total. The Kier molecular flexibility index (Phi) is 12.3. The van der Waals surface area contributed by atoms with Crippen LogP contribution in [0.4, 0.5) is 11.4 Å². The van der Waals surface area contributed by atoms with Crippen molar-refractivity contribution in [3.8, 4) is 22.9 Å². The van der Waals surface area contributed by atoms with E-state index in [0.29, 0.717) is 0 Å². The highest BCUT2D eigenvalue weighted by atomic mass is 16.5. The molecule has 85 heavy (non-hydrogen) atoms. The molecule has 0 bridgehead atoms. The lowest BCUT2D eigenvalue weighted by atomic mass is 9.34. The van der Waals surface area contributed by atoms with E-state index in [4.69, 9.17) is 4.74 Å². The second kappa shape index (κ2) is 19.1. The van der Waals surface area contributed by atoms with Crippen LogP contribution >= 0.6 is 0 Å². The number of allylic oxidation sites excluding steroid dienone is 3. The first-order chi connectivity index (χ1) is 40.3. The van der Waals surface area contributed by atoms with Gasteiger partial charge in [-0.1, -0.05) is 231 Å². The summed E-state index contributed by atoms with van der Waals surface area (Å²) in [6.07, 6.45) is 4.34. The van der Waals surface area contributed by atoms with Crippen LogP contribution in [0.2, 0.25) is 0 Å². The number of anilines is 2. The van der Waals surface area contributed by atoms with Crippen molar-refractivity contribution >= 4 is 89.2 Å². The average Bonchev–Trinajstić information content (AvgIpc) is 1.07. The molecule has 11 aromatic rings. The van der Waals surface area contributed by atoms with Crippen LogP contribution in [0.1, 0.15) is 156 Å². The topological polar surface area (TPSA) is 22.3 Å². The second-order valence-electron chi connectivity index (χ2n) is 29.8. The minimum absolute atomic E-state index is 0.0290. The molecule has 2 aromatic heterocycles. The van der Waals surface area contributed by atoms with Crippen LogP contribution < -0.4 is 26.0 Å². The first-order valence-electron chi connectivity index (χ1n) is 31.0. The Morgan fingerprint density at radius 2 is 0.812 bits per heavy atom. The normalized spacial score (nSPS) is 14.7. The fourth-order valence-corrected chi connectivity index (χ4v) is 13.9. The molecular formula is C80H80BN3O. The van der Waals surface area contributed by atoms with E-state index in [-0.39, 0.29) is 33.8 Å². The number of rotatable bonds is 5. The van der Waals surface area contributed by atoms with Crippen LogP contribution in [-0.4, -0.2) is 15.8 Å². The second-order valence-corrected chi connectivity index (χ2v) is 29.8. The minimum atomic E-state index is -0.210. The molecule has 3 aliphatic rings. The van der Waals surface area contributed by atoms with Crippen LogP contribution in [0.3, 0.4) is 0 Å². The predicted molar refractivity (Wildman–Crippen MR) is 365 cm³/mol. The summed E-state index contributed by atoms with van der Waals surface area (Å²) in [6, 6.07) is 70.3. The summed E-state index contributed by atoms with van der Waals surface area (Å²) in [5.74, 6) is 1.81. The van der Waals surface area contributed by atoms with Crippen molar-refractivity contribution in [2.24, 2.45) is 0 Å². The van der Waals surface area contributed by atoms with Gasteiger partial charge in [-0.3, -0.25) is 0 Å². The predicted octanol–water partition coefficient (Wildman–Crippen LogP) is 19.7. The van der Waals surface area contributed by atoms with Gasteiger partial charge >= 0.3 is 0 Å². The average molecular weight is 1110 g/mol. The van der Waals surface area contributed by atoms with Gasteiger partial charge in [0.1, 0.15) is 11.5 Å². The third-order valence-corrected chi connectivity index (χ3v) is 18.8. The van der Waals surface area contributed by atoms with E-state index in [2.05, 4.69) is 306 Å². The molecule has 0 saturated heterocycles. The van der Waals surface area contributed by atoms with Crippen LogP contribution in [0.25, 0.3) is 66.1 Å². The third-order valence-electron chi connectivity index (χ3n) is 18.8. The van der Waals surface area contributed by atoms with E-state index in [0.717, 1.165) is 41.4 Å². The Hall–Kier alpha value is -8.28. The lowest BCUT2D eigenvalue weighted by molar-refractivity contribution is 0.483. The summed E-state index contributed by atoms with van der Waals surface area (Å²) in [7, 11) is 0. The Morgan fingerprint density at radius 3 is 1.27 bits per heavy atom. The molecule has 0 amide bonds. The number of nitrogens with zero attached hydrogens (tertiary/aromatic N) is 3. The van der Waals surface area contributed by atoms with Crippen molar-refractivity contribution in [1.29, 1.82) is 0 Å². The monoisotopic (exact) mass is 1110 g/mol. The fraction of sp³-hybridized carbons (Fsp3) is 0.275. The lowest BCUT2D eigenvalue weighted by Gasteiger charge is -2.44. The van der Waals surface area contributed by atoms with Gasteiger partial charge in [0.25, 0.3) is 6.71 Å². The van der Waals surface area contributed by atoms with Crippen LogP contribution in [0.15, 0.2) is 194 Å². The van der Waals surface area contributed by atoms with Crippen molar-refractivity contribution < 1.29 is 4.74 Å². The van der Waals surface area contributed by atoms with Gasteiger partial charge in [0, 0.05) is 55.9 Å². The smallest absolute Gasteiger partial charge is 0.256 e. The SMILES string of the molecule is CC(C)(C)c1cc2c3c(c1)N(C1=C(c4ccccc4)CCC=C1c1ccccc1)c1cc(-n4c5cc(C(C)(C)C)ccc5c5ccc(C(C)(C)C)cc54)ccc1B3c1ccc(-n3c4cc(C(C)(C)C)ccc4c4ccc(C(C)(C)C)cc43)cc1O2. The van der Waals surface area contributed by atoms with Crippen molar-refractivity contribution in [2.75, 3.05) is 4.90 Å². The van der Waals surface area contributed by atoms with Crippen molar-refractivity contribution in [2.45, 2.75) is 144 Å². The van der Waals surface area contributed by atoms with E-state index < -0.39 is 0 Å². The number of ether oxygens (including phenoxy) is 1. The standard InChI is InChI=1S/C80H80BN3O/c1-76(2,3)51-29-35-60-61-36-30-52(77(4,5)6)42-67(61)82(66(60)41-51)56-33-39-64-70(47-56)84(75-58(49-23-18-16-19-24-49)27-22-28-59(75)50-25-20-17-21-26-50)71-45-55(80(13,14)15)46-73-74(71)81(64)65-40-34-57(48-72(65)85-73)83-68-43-53(78(7,8)9)31-37-62(68)63-38-32-54(44-69(63)83)79(10,11)12/h16-21,23-27,29-48H,22,28H2,1-15H3. The number of hydrogen-bond acceptors (Lipinski definition) is 2. The Bertz CT molecular complexity index is 4480. The highest BCUT2D eigenvalue weighted by molar-refractivity contribution is 6.99. The molecular weight excluding hydrogens is 1030 g/mol. The molecule has 4 nitrogen and oxygen atoms in total. The molecule has 0 radical (unpaired) electrons. The van der Waals surface area contributed by atoms with Crippen LogP contribution in [-0.2, 0) is 27.1 Å². The Morgan fingerprint density at radius 1 is 0.376 bits per heavy atom. The molecule has 14 rings (SSSR count). The fourth-order valence-electron chi connectivity index (χ4n) is 13.9. The van der Waals surface area contributed by atoms with Crippen molar-refractivity contribution in [1.82, 2.24) is 9.13 Å². The summed E-state index contributed by atoms with van der Waals surface area (Å²) in [4.78, 5) is 2.68. The number of hydrogen-bond donors (Lipinski definition) is 0. The third kappa shape index (κ3) is 9.01. The maximum atomic E-state index is 7.63. The van der Waals surface area contributed by atoms with Crippen molar-refractivity contribution in [3.63, 3.8) is 0 Å². The van der Waals surface area contributed by atoms with E-state index in [1.54, 1.807) is 0 Å². The summed E-state index contributed by atoms with van der Waals surface area (Å²) in [6.45, 7) is 34.8. The molecule has 0 fully saturated rings. The van der Waals surface area contributed by atoms with Gasteiger partial charge in [-0.15, -0.1) is 0 Å². The minimum Gasteiger partial charge on any atom is -0.458 e. The quantitative estimate of drug-likeness (QED) is 0.160. The van der Waals surface area contributed by atoms with E-state index >= 15 is 0 Å². The van der Waals surface area contributed by atoms with Gasteiger partial charge in [-0.25, -0.2) is 0 Å². The molecule has 2 aliphatic heterocycles. The maximum Gasteiger partial charge on any atom is 0.256 e. The van der Waals surface area contributed by atoms with Crippen LogP contribution in [0, 0.1) is 0 Å². The molecule has 5 heteroatoms. The van der Waals surface area contributed by atoms with Gasteiger partial charge in [-0.05, 0) is 155 Å². The number of aromatic nitrogens is 2. The Labute approximate surface area is 504 Å². The molecule has 424 valence electrons. The summed E-state index contributed by atoms with van der Waals surface area (Å²) < 4.78 is 12.7. The zero-order chi connectivity index (χ0) is 59.4. The molecule has 0 unspecified atom stereocenters. The number of benzene rings is 9. The number of fused-ring (bicyclic) bond motifs is 10.